The molecule has 4 heteroatoms. The van der Waals surface area contributed by atoms with Crippen molar-refractivity contribution in [3.05, 3.63) is 24.0 Å². The average Bonchev–Trinajstić information content (AvgIpc) is 2.38. The van der Waals surface area contributed by atoms with Crippen LogP contribution in [0.5, 0.6) is 0 Å². The largest absolute Gasteiger partial charge is 0.357 e. The van der Waals surface area contributed by atoms with Gasteiger partial charge in [-0.15, -0.1) is 0 Å². The molecular formula is C6H5N3O. The SMILES string of the molecule is N#CNC(=O)c1ccc[nH]1. The van der Waals surface area contributed by atoms with Crippen molar-refractivity contribution in [3.63, 3.8) is 0 Å². The van der Waals surface area contributed by atoms with E-state index in [0.29, 0.717) is 5.69 Å². The second-order valence-corrected chi connectivity index (χ2v) is 1.65. The molecule has 0 unspecified atom stereocenters. The van der Waals surface area contributed by atoms with Gasteiger partial charge in [0.1, 0.15) is 5.69 Å². The third-order valence-electron chi connectivity index (χ3n) is 1.01. The summed E-state index contributed by atoms with van der Waals surface area (Å²) >= 11 is 0. The number of carbonyl (C=O) groups is 1. The molecule has 0 atom stereocenters. The number of nitriles is 1. The number of rotatable bonds is 1. The molecule has 50 valence electrons. The van der Waals surface area contributed by atoms with Crippen molar-refractivity contribution in [2.75, 3.05) is 0 Å². The van der Waals surface area contributed by atoms with E-state index in [1.165, 1.54) is 6.19 Å². The van der Waals surface area contributed by atoms with Gasteiger partial charge in [-0.05, 0) is 12.1 Å². The first-order chi connectivity index (χ1) is 4.84. The summed E-state index contributed by atoms with van der Waals surface area (Å²) in [6.45, 7) is 0. The summed E-state index contributed by atoms with van der Waals surface area (Å²) in [5, 5.41) is 10.0. The Kier molecular flexibility index (Phi) is 1.71. The van der Waals surface area contributed by atoms with E-state index in [9.17, 15) is 4.79 Å². The van der Waals surface area contributed by atoms with Crippen LogP contribution in [0.25, 0.3) is 0 Å². The maximum atomic E-state index is 10.7. The third-order valence-corrected chi connectivity index (χ3v) is 1.01. The molecule has 0 radical (unpaired) electrons. The first-order valence-electron chi connectivity index (χ1n) is 2.67. The Hall–Kier alpha value is -1.76. The number of nitrogens with one attached hydrogen (secondary N) is 2. The Bertz CT molecular complexity index is 257. The molecular weight excluding hydrogens is 130 g/mol. The van der Waals surface area contributed by atoms with Gasteiger partial charge in [-0.3, -0.25) is 10.1 Å². The van der Waals surface area contributed by atoms with E-state index >= 15 is 0 Å². The van der Waals surface area contributed by atoms with Gasteiger partial charge in [0, 0.05) is 6.20 Å². The summed E-state index contributed by atoms with van der Waals surface area (Å²) in [5.41, 5.74) is 0.390. The topological polar surface area (TPSA) is 68.7 Å². The van der Waals surface area contributed by atoms with Gasteiger partial charge in [-0.2, -0.15) is 5.26 Å². The number of carbonyl (C=O) groups excluding carboxylic acids is 1. The Morgan fingerprint density at radius 3 is 3.10 bits per heavy atom. The molecule has 1 rings (SSSR count). The normalized spacial score (nSPS) is 8.30. The number of aromatic amines is 1. The van der Waals surface area contributed by atoms with Crippen LogP contribution in [0.1, 0.15) is 10.5 Å². The van der Waals surface area contributed by atoms with Crippen LogP contribution in [0.15, 0.2) is 18.3 Å². The average molecular weight is 135 g/mol. The summed E-state index contributed by atoms with van der Waals surface area (Å²) in [6.07, 6.45) is 3.15. The summed E-state index contributed by atoms with van der Waals surface area (Å²) in [5.74, 6) is -0.410. The second kappa shape index (κ2) is 2.69. The van der Waals surface area contributed by atoms with Crippen molar-refractivity contribution in [3.8, 4) is 6.19 Å². The fourth-order valence-electron chi connectivity index (χ4n) is 0.590. The molecule has 4 nitrogen and oxygen atoms in total. The predicted molar refractivity (Wildman–Crippen MR) is 33.9 cm³/mol. The van der Waals surface area contributed by atoms with Gasteiger partial charge >= 0.3 is 0 Å². The van der Waals surface area contributed by atoms with Crippen LogP contribution in [0.3, 0.4) is 0 Å². The monoisotopic (exact) mass is 135 g/mol. The molecule has 0 saturated carbocycles. The van der Waals surface area contributed by atoms with E-state index in [1.54, 1.807) is 18.3 Å². The van der Waals surface area contributed by atoms with Crippen molar-refractivity contribution < 1.29 is 4.79 Å². The van der Waals surface area contributed by atoms with Gasteiger partial charge in [-0.25, -0.2) is 0 Å². The molecule has 10 heavy (non-hydrogen) atoms. The number of amides is 1. The lowest BCUT2D eigenvalue weighted by atomic mass is 10.4. The number of aromatic nitrogens is 1. The maximum absolute atomic E-state index is 10.7. The molecule has 0 aliphatic rings. The summed E-state index contributed by atoms with van der Waals surface area (Å²) in [4.78, 5) is 13.4. The maximum Gasteiger partial charge on any atom is 0.280 e. The highest BCUT2D eigenvalue weighted by molar-refractivity contribution is 5.93. The highest BCUT2D eigenvalue weighted by Crippen LogP contribution is 1.91. The molecule has 1 amide bonds. The highest BCUT2D eigenvalue weighted by Gasteiger charge is 2.02. The first-order valence-corrected chi connectivity index (χ1v) is 2.67. The standard InChI is InChI=1S/C6H5N3O/c7-4-9-6(10)5-2-1-3-8-5/h1-3,8H,(H,9,10). The van der Waals surface area contributed by atoms with E-state index in [0.717, 1.165) is 0 Å². The Morgan fingerprint density at radius 2 is 2.60 bits per heavy atom. The van der Waals surface area contributed by atoms with Gasteiger partial charge in [0.05, 0.1) is 0 Å². The summed E-state index contributed by atoms with van der Waals surface area (Å²) in [6, 6.07) is 3.28. The fraction of sp³-hybridized carbons (Fsp3) is 0. The first kappa shape index (κ1) is 6.36. The zero-order valence-corrected chi connectivity index (χ0v) is 5.09. The Balaban J connectivity index is 2.71. The quantitative estimate of drug-likeness (QED) is 0.427. The lowest BCUT2D eigenvalue weighted by Crippen LogP contribution is -2.17. The number of nitrogens with zero attached hydrogens (tertiary/aromatic N) is 1. The molecule has 0 bridgehead atoms. The lowest BCUT2D eigenvalue weighted by molar-refractivity contribution is 0.0968. The molecule has 0 fully saturated rings. The van der Waals surface area contributed by atoms with Crippen molar-refractivity contribution in [2.24, 2.45) is 0 Å². The molecule has 0 aliphatic carbocycles. The predicted octanol–water partition coefficient (Wildman–Crippen LogP) is 0.226. The minimum Gasteiger partial charge on any atom is -0.357 e. The van der Waals surface area contributed by atoms with Gasteiger partial charge < -0.3 is 4.98 Å². The number of hydrogen-bond acceptors (Lipinski definition) is 2. The van der Waals surface area contributed by atoms with Crippen molar-refractivity contribution in [2.45, 2.75) is 0 Å². The summed E-state index contributed by atoms with van der Waals surface area (Å²) in [7, 11) is 0. The van der Waals surface area contributed by atoms with E-state index in [4.69, 9.17) is 5.26 Å². The Labute approximate surface area is 57.5 Å². The van der Waals surface area contributed by atoms with Crippen molar-refractivity contribution in [1.82, 2.24) is 10.3 Å². The van der Waals surface area contributed by atoms with E-state index < -0.39 is 5.91 Å². The molecule has 1 aromatic heterocycles. The smallest absolute Gasteiger partial charge is 0.280 e. The van der Waals surface area contributed by atoms with Crippen LogP contribution in [0.4, 0.5) is 0 Å². The molecule has 0 spiro atoms. The summed E-state index contributed by atoms with van der Waals surface area (Å²) < 4.78 is 0. The van der Waals surface area contributed by atoms with Gasteiger partial charge in [0.2, 0.25) is 0 Å². The van der Waals surface area contributed by atoms with Gasteiger partial charge in [0.25, 0.3) is 5.91 Å². The second-order valence-electron chi connectivity index (χ2n) is 1.65. The van der Waals surface area contributed by atoms with Gasteiger partial charge in [-0.1, -0.05) is 0 Å². The number of H-pyrrole nitrogens is 1. The molecule has 1 aromatic rings. The molecule has 2 N–H and O–H groups in total. The molecule has 0 aliphatic heterocycles. The van der Waals surface area contributed by atoms with Crippen LogP contribution in [-0.4, -0.2) is 10.9 Å². The fourth-order valence-corrected chi connectivity index (χ4v) is 0.590. The number of hydrogen-bond donors (Lipinski definition) is 2. The van der Waals surface area contributed by atoms with Crippen molar-refractivity contribution in [1.29, 1.82) is 5.26 Å². The Morgan fingerprint density at radius 1 is 1.80 bits per heavy atom. The van der Waals surface area contributed by atoms with E-state index in [2.05, 4.69) is 4.98 Å². The van der Waals surface area contributed by atoms with Crippen LogP contribution >= 0.6 is 0 Å². The van der Waals surface area contributed by atoms with Gasteiger partial charge in [0.15, 0.2) is 6.19 Å². The lowest BCUT2D eigenvalue weighted by Gasteiger charge is -1.89. The molecule has 1 heterocycles. The van der Waals surface area contributed by atoms with Crippen LogP contribution in [0.2, 0.25) is 0 Å². The van der Waals surface area contributed by atoms with Crippen LogP contribution < -0.4 is 5.32 Å². The third kappa shape index (κ3) is 1.14. The zero-order chi connectivity index (χ0) is 7.40. The van der Waals surface area contributed by atoms with Crippen LogP contribution in [0, 0.1) is 11.5 Å². The van der Waals surface area contributed by atoms with Crippen molar-refractivity contribution >= 4 is 5.91 Å². The zero-order valence-electron chi connectivity index (χ0n) is 5.09. The minimum atomic E-state index is -0.410. The molecule has 0 saturated heterocycles. The minimum absolute atomic E-state index is 0.390. The van der Waals surface area contributed by atoms with Crippen LogP contribution in [-0.2, 0) is 0 Å². The van der Waals surface area contributed by atoms with E-state index in [-0.39, 0.29) is 0 Å². The molecule has 0 aromatic carbocycles. The van der Waals surface area contributed by atoms with E-state index in [1.807, 2.05) is 5.32 Å². The highest BCUT2D eigenvalue weighted by atomic mass is 16.1.